The highest BCUT2D eigenvalue weighted by molar-refractivity contribution is 8.18. The first-order valence-electron chi connectivity index (χ1n) is 8.21. The van der Waals surface area contributed by atoms with Gasteiger partial charge in [0.25, 0.3) is 5.91 Å². The molecule has 3 rings (SSSR count). The molecule has 1 fully saturated rings. The number of rotatable bonds is 4. The first kappa shape index (κ1) is 17.3. The number of anilines is 1. The van der Waals surface area contributed by atoms with E-state index in [9.17, 15) is 4.79 Å². The summed E-state index contributed by atoms with van der Waals surface area (Å²) in [6.45, 7) is 2.12. The Kier molecular flexibility index (Phi) is 5.24. The van der Waals surface area contributed by atoms with E-state index in [1.165, 1.54) is 17.3 Å². The second kappa shape index (κ2) is 7.57. The SMILES string of the molecule is CCc1ccc(N=C2NC(=O)/C(=C/c3ccc(N(C)C)cc3)S2)cc1. The number of amidine groups is 1. The number of nitrogens with zero attached hydrogens (tertiary/aromatic N) is 2. The lowest BCUT2D eigenvalue weighted by molar-refractivity contribution is -0.115. The summed E-state index contributed by atoms with van der Waals surface area (Å²) in [5.74, 6) is -0.106. The van der Waals surface area contributed by atoms with E-state index in [2.05, 4.69) is 29.4 Å². The molecular weight excluding hydrogens is 330 g/mol. The van der Waals surface area contributed by atoms with Crippen molar-refractivity contribution in [3.8, 4) is 0 Å². The number of thioether (sulfide) groups is 1. The zero-order valence-electron chi connectivity index (χ0n) is 14.6. The summed E-state index contributed by atoms with van der Waals surface area (Å²) in [7, 11) is 4.01. The molecule has 0 saturated carbocycles. The van der Waals surface area contributed by atoms with Crippen molar-refractivity contribution in [2.24, 2.45) is 4.99 Å². The van der Waals surface area contributed by atoms with Crippen LogP contribution in [0.4, 0.5) is 11.4 Å². The minimum atomic E-state index is -0.106. The van der Waals surface area contributed by atoms with E-state index in [1.54, 1.807) is 0 Å². The maximum Gasteiger partial charge on any atom is 0.264 e. The number of hydrogen-bond acceptors (Lipinski definition) is 4. The van der Waals surface area contributed by atoms with Gasteiger partial charge in [0.15, 0.2) is 5.17 Å². The van der Waals surface area contributed by atoms with Crippen LogP contribution in [0.5, 0.6) is 0 Å². The molecule has 25 heavy (non-hydrogen) atoms. The molecule has 4 nitrogen and oxygen atoms in total. The zero-order chi connectivity index (χ0) is 17.8. The van der Waals surface area contributed by atoms with E-state index in [0.717, 1.165) is 23.4 Å². The number of benzene rings is 2. The Morgan fingerprint density at radius 3 is 2.36 bits per heavy atom. The van der Waals surface area contributed by atoms with Gasteiger partial charge in [0.1, 0.15) is 0 Å². The number of aryl methyl sites for hydroxylation is 1. The van der Waals surface area contributed by atoms with Crippen molar-refractivity contribution in [2.75, 3.05) is 19.0 Å². The molecule has 128 valence electrons. The van der Waals surface area contributed by atoms with E-state index < -0.39 is 0 Å². The number of carbonyl (C=O) groups excluding carboxylic acids is 1. The molecule has 0 bridgehead atoms. The van der Waals surface area contributed by atoms with Gasteiger partial charge in [-0.25, -0.2) is 4.99 Å². The molecule has 0 unspecified atom stereocenters. The lowest BCUT2D eigenvalue weighted by atomic mass is 10.2. The van der Waals surface area contributed by atoms with Crippen LogP contribution in [0.15, 0.2) is 58.4 Å². The summed E-state index contributed by atoms with van der Waals surface area (Å²) in [6.07, 6.45) is 2.89. The first-order valence-corrected chi connectivity index (χ1v) is 9.02. The molecule has 1 amide bonds. The van der Waals surface area contributed by atoms with E-state index >= 15 is 0 Å². The fourth-order valence-corrected chi connectivity index (χ4v) is 3.27. The average Bonchev–Trinajstić information content (AvgIpc) is 2.95. The molecule has 1 aliphatic rings. The number of aliphatic imine (C=N–C) groups is 1. The zero-order valence-corrected chi connectivity index (χ0v) is 15.4. The molecule has 5 heteroatoms. The third-order valence-electron chi connectivity index (χ3n) is 3.93. The molecule has 0 atom stereocenters. The van der Waals surface area contributed by atoms with Crippen LogP contribution in [0.2, 0.25) is 0 Å². The van der Waals surface area contributed by atoms with Gasteiger partial charge in [0.2, 0.25) is 0 Å². The molecule has 0 aromatic heterocycles. The Balaban J connectivity index is 1.76. The second-order valence-electron chi connectivity index (χ2n) is 5.99. The monoisotopic (exact) mass is 351 g/mol. The second-order valence-corrected chi connectivity index (χ2v) is 7.02. The van der Waals surface area contributed by atoms with Crippen LogP contribution in [0.25, 0.3) is 6.08 Å². The highest BCUT2D eigenvalue weighted by Crippen LogP contribution is 2.28. The molecule has 1 saturated heterocycles. The number of carbonyl (C=O) groups is 1. The van der Waals surface area contributed by atoms with Crippen LogP contribution >= 0.6 is 11.8 Å². The van der Waals surface area contributed by atoms with Gasteiger partial charge in [-0.2, -0.15) is 0 Å². The smallest absolute Gasteiger partial charge is 0.264 e. The van der Waals surface area contributed by atoms with E-state index in [-0.39, 0.29) is 5.91 Å². The van der Waals surface area contributed by atoms with Crippen LogP contribution in [0.1, 0.15) is 18.1 Å². The Bertz CT molecular complexity index is 821. The van der Waals surface area contributed by atoms with Crippen LogP contribution in [0, 0.1) is 0 Å². The number of nitrogens with one attached hydrogen (secondary N) is 1. The lowest BCUT2D eigenvalue weighted by Crippen LogP contribution is -2.19. The van der Waals surface area contributed by atoms with Gasteiger partial charge < -0.3 is 10.2 Å². The maximum absolute atomic E-state index is 12.2. The van der Waals surface area contributed by atoms with E-state index in [0.29, 0.717) is 10.1 Å². The van der Waals surface area contributed by atoms with Crippen molar-refractivity contribution in [1.29, 1.82) is 0 Å². The lowest BCUT2D eigenvalue weighted by Gasteiger charge is -2.11. The fraction of sp³-hybridized carbons (Fsp3) is 0.200. The normalized spacial score (nSPS) is 17.2. The number of hydrogen-bond donors (Lipinski definition) is 1. The molecule has 0 spiro atoms. The maximum atomic E-state index is 12.2. The van der Waals surface area contributed by atoms with Gasteiger partial charge >= 0.3 is 0 Å². The van der Waals surface area contributed by atoms with Gasteiger partial charge in [-0.1, -0.05) is 31.2 Å². The molecule has 1 N–H and O–H groups in total. The Labute approximate surface area is 152 Å². The Morgan fingerprint density at radius 2 is 1.76 bits per heavy atom. The first-order chi connectivity index (χ1) is 12.0. The van der Waals surface area contributed by atoms with Crippen LogP contribution in [-0.2, 0) is 11.2 Å². The molecule has 0 aliphatic carbocycles. The predicted molar refractivity (Wildman–Crippen MR) is 107 cm³/mol. The Hall–Kier alpha value is -2.53. The fourth-order valence-electron chi connectivity index (χ4n) is 2.42. The predicted octanol–water partition coefficient (Wildman–Crippen LogP) is 4.21. The Morgan fingerprint density at radius 1 is 1.08 bits per heavy atom. The summed E-state index contributed by atoms with van der Waals surface area (Å²) in [5, 5.41) is 3.44. The molecule has 1 heterocycles. The summed E-state index contributed by atoms with van der Waals surface area (Å²) in [5.41, 5.74) is 4.24. The molecule has 1 aliphatic heterocycles. The topological polar surface area (TPSA) is 44.7 Å². The number of amides is 1. The molecular formula is C20H21N3OS. The third kappa shape index (κ3) is 4.31. The molecule has 2 aromatic rings. The summed E-state index contributed by atoms with van der Waals surface area (Å²) >= 11 is 1.37. The summed E-state index contributed by atoms with van der Waals surface area (Å²) in [6, 6.07) is 16.2. The minimum Gasteiger partial charge on any atom is -0.378 e. The van der Waals surface area contributed by atoms with Crippen molar-refractivity contribution in [2.45, 2.75) is 13.3 Å². The van der Waals surface area contributed by atoms with Crippen molar-refractivity contribution in [1.82, 2.24) is 5.32 Å². The summed E-state index contributed by atoms with van der Waals surface area (Å²) < 4.78 is 0. The van der Waals surface area contributed by atoms with Gasteiger partial charge in [-0.05, 0) is 59.7 Å². The van der Waals surface area contributed by atoms with Crippen molar-refractivity contribution < 1.29 is 4.79 Å². The van der Waals surface area contributed by atoms with Crippen molar-refractivity contribution in [3.05, 3.63) is 64.6 Å². The van der Waals surface area contributed by atoms with Gasteiger partial charge in [-0.15, -0.1) is 0 Å². The summed E-state index contributed by atoms with van der Waals surface area (Å²) in [4.78, 5) is 19.4. The molecule has 2 aromatic carbocycles. The van der Waals surface area contributed by atoms with E-state index in [4.69, 9.17) is 0 Å². The van der Waals surface area contributed by atoms with Crippen LogP contribution in [0.3, 0.4) is 0 Å². The minimum absolute atomic E-state index is 0.106. The highest BCUT2D eigenvalue weighted by Gasteiger charge is 2.23. The third-order valence-corrected chi connectivity index (χ3v) is 4.84. The molecule has 0 radical (unpaired) electrons. The van der Waals surface area contributed by atoms with Crippen molar-refractivity contribution in [3.63, 3.8) is 0 Å². The van der Waals surface area contributed by atoms with Gasteiger partial charge in [0, 0.05) is 19.8 Å². The van der Waals surface area contributed by atoms with Gasteiger partial charge in [-0.3, -0.25) is 4.79 Å². The standard InChI is InChI=1S/C20H21N3OS/c1-4-14-5-9-16(10-6-14)21-20-22-19(24)18(25-20)13-15-7-11-17(12-8-15)23(2)3/h5-13H,4H2,1-3H3,(H,21,22,24)/b18-13-. The van der Waals surface area contributed by atoms with Crippen LogP contribution in [-0.4, -0.2) is 25.2 Å². The van der Waals surface area contributed by atoms with E-state index in [1.807, 2.05) is 61.5 Å². The van der Waals surface area contributed by atoms with Gasteiger partial charge in [0.05, 0.1) is 10.6 Å². The largest absolute Gasteiger partial charge is 0.378 e. The average molecular weight is 351 g/mol. The van der Waals surface area contributed by atoms with Crippen LogP contribution < -0.4 is 10.2 Å². The highest BCUT2D eigenvalue weighted by atomic mass is 32.2. The quantitative estimate of drug-likeness (QED) is 0.840. The van der Waals surface area contributed by atoms with Crippen molar-refractivity contribution >= 4 is 40.3 Å².